The highest BCUT2D eigenvalue weighted by Crippen LogP contribution is 2.23. The molecule has 0 aliphatic carbocycles. The van der Waals surface area contributed by atoms with E-state index in [2.05, 4.69) is 29.2 Å². The van der Waals surface area contributed by atoms with Crippen molar-refractivity contribution in [2.24, 2.45) is 5.92 Å². The second-order valence-electron chi connectivity index (χ2n) is 7.61. The van der Waals surface area contributed by atoms with E-state index in [9.17, 15) is 4.79 Å². The average Bonchev–Trinajstić information content (AvgIpc) is 3.09. The Balaban J connectivity index is 1.57. The van der Waals surface area contributed by atoms with Gasteiger partial charge in [0.15, 0.2) is 5.65 Å². The van der Waals surface area contributed by atoms with E-state index in [1.807, 2.05) is 60.1 Å². The second-order valence-corrected chi connectivity index (χ2v) is 7.61. The fraction of sp³-hybridized carbons (Fsp3) is 0.208. The van der Waals surface area contributed by atoms with Crippen molar-refractivity contribution in [3.8, 4) is 11.4 Å². The molecule has 0 bridgehead atoms. The fourth-order valence-corrected chi connectivity index (χ4v) is 3.15. The lowest BCUT2D eigenvalue weighted by atomic mass is 10.2. The molecule has 0 radical (unpaired) electrons. The summed E-state index contributed by atoms with van der Waals surface area (Å²) in [6.07, 6.45) is 1.65. The molecular formula is C24H24N4O2. The molecule has 152 valence electrons. The van der Waals surface area contributed by atoms with Crippen LogP contribution < -0.4 is 10.1 Å². The quantitative estimate of drug-likeness (QED) is 0.494. The number of pyridine rings is 1. The summed E-state index contributed by atoms with van der Waals surface area (Å²) < 4.78 is 7.53. The normalized spacial score (nSPS) is 11.1. The lowest BCUT2D eigenvalue weighted by Gasteiger charge is -2.10. The highest BCUT2D eigenvalue weighted by Gasteiger charge is 2.13. The summed E-state index contributed by atoms with van der Waals surface area (Å²) in [4.78, 5) is 17.3. The lowest BCUT2D eigenvalue weighted by molar-refractivity contribution is 0.102. The van der Waals surface area contributed by atoms with Crippen LogP contribution >= 0.6 is 0 Å². The SMILES string of the molecule is Cc1nn(-c2ccccc2)c2ncc(NC(=O)c3cccc(OCC(C)C)c3)cc12. The molecule has 4 aromatic rings. The van der Waals surface area contributed by atoms with Crippen LogP contribution in [0.1, 0.15) is 29.9 Å². The number of hydrogen-bond donors (Lipinski definition) is 1. The maximum Gasteiger partial charge on any atom is 0.255 e. The topological polar surface area (TPSA) is 69.0 Å². The highest BCUT2D eigenvalue weighted by molar-refractivity contribution is 6.05. The number of rotatable bonds is 6. The molecule has 1 N–H and O–H groups in total. The number of nitrogens with zero attached hydrogens (tertiary/aromatic N) is 3. The minimum atomic E-state index is -0.209. The van der Waals surface area contributed by atoms with Gasteiger partial charge in [-0.05, 0) is 49.2 Å². The molecule has 0 saturated heterocycles. The van der Waals surface area contributed by atoms with E-state index in [0.29, 0.717) is 29.5 Å². The zero-order valence-corrected chi connectivity index (χ0v) is 17.3. The summed E-state index contributed by atoms with van der Waals surface area (Å²) in [5.74, 6) is 0.893. The van der Waals surface area contributed by atoms with Crippen molar-refractivity contribution in [3.63, 3.8) is 0 Å². The van der Waals surface area contributed by atoms with E-state index in [-0.39, 0.29) is 5.91 Å². The van der Waals surface area contributed by atoms with Gasteiger partial charge in [0.25, 0.3) is 5.91 Å². The molecule has 6 nitrogen and oxygen atoms in total. The van der Waals surface area contributed by atoms with E-state index in [0.717, 1.165) is 22.4 Å². The molecule has 6 heteroatoms. The molecule has 0 fully saturated rings. The van der Waals surface area contributed by atoms with Crippen LogP contribution in [0, 0.1) is 12.8 Å². The molecule has 4 rings (SSSR count). The number of aryl methyl sites for hydroxylation is 1. The van der Waals surface area contributed by atoms with Gasteiger partial charge in [0, 0.05) is 10.9 Å². The van der Waals surface area contributed by atoms with Crippen molar-refractivity contribution >= 4 is 22.6 Å². The van der Waals surface area contributed by atoms with Gasteiger partial charge in [0.1, 0.15) is 5.75 Å². The van der Waals surface area contributed by atoms with Gasteiger partial charge in [0.05, 0.1) is 29.9 Å². The molecule has 0 unspecified atom stereocenters. The molecule has 0 saturated carbocycles. The molecule has 2 aromatic heterocycles. The molecule has 0 aliphatic rings. The van der Waals surface area contributed by atoms with Gasteiger partial charge in [-0.15, -0.1) is 0 Å². The third-order valence-electron chi connectivity index (χ3n) is 4.65. The number of hydrogen-bond acceptors (Lipinski definition) is 4. The van der Waals surface area contributed by atoms with Crippen molar-refractivity contribution in [3.05, 3.63) is 78.1 Å². The first-order valence-corrected chi connectivity index (χ1v) is 9.96. The van der Waals surface area contributed by atoms with Crippen LogP contribution in [-0.4, -0.2) is 27.3 Å². The number of para-hydroxylation sites is 1. The zero-order chi connectivity index (χ0) is 21.1. The van der Waals surface area contributed by atoms with Gasteiger partial charge in [0.2, 0.25) is 0 Å². The third kappa shape index (κ3) is 4.17. The number of fused-ring (bicyclic) bond motifs is 1. The molecule has 2 aromatic carbocycles. The zero-order valence-electron chi connectivity index (χ0n) is 17.3. The summed E-state index contributed by atoms with van der Waals surface area (Å²) in [5, 5.41) is 8.43. The number of amides is 1. The smallest absolute Gasteiger partial charge is 0.255 e. The number of carbonyl (C=O) groups is 1. The van der Waals surface area contributed by atoms with Crippen molar-refractivity contribution in [1.29, 1.82) is 0 Å². The Kier molecular flexibility index (Phi) is 5.48. The van der Waals surface area contributed by atoms with Crippen LogP contribution in [0.4, 0.5) is 5.69 Å². The van der Waals surface area contributed by atoms with E-state index >= 15 is 0 Å². The van der Waals surface area contributed by atoms with Gasteiger partial charge < -0.3 is 10.1 Å². The minimum absolute atomic E-state index is 0.209. The predicted octanol–water partition coefficient (Wildman–Crippen LogP) is 5.02. The number of nitrogens with one attached hydrogen (secondary N) is 1. The van der Waals surface area contributed by atoms with Crippen LogP contribution in [0.5, 0.6) is 5.75 Å². The first-order chi connectivity index (χ1) is 14.5. The standard InChI is InChI=1S/C24H24N4O2/c1-16(2)15-30-21-11-7-8-18(12-21)24(29)26-19-13-22-17(3)27-28(23(22)25-14-19)20-9-5-4-6-10-20/h4-14,16H,15H2,1-3H3,(H,26,29). The predicted molar refractivity (Wildman–Crippen MR) is 118 cm³/mol. The average molecular weight is 400 g/mol. The molecule has 2 heterocycles. The van der Waals surface area contributed by atoms with E-state index in [1.165, 1.54) is 0 Å². The maximum absolute atomic E-state index is 12.7. The Morgan fingerprint density at radius 1 is 1.10 bits per heavy atom. The first-order valence-electron chi connectivity index (χ1n) is 9.96. The van der Waals surface area contributed by atoms with Gasteiger partial charge in [-0.1, -0.05) is 38.1 Å². The number of anilines is 1. The summed E-state index contributed by atoms with van der Waals surface area (Å²) >= 11 is 0. The van der Waals surface area contributed by atoms with Gasteiger partial charge >= 0.3 is 0 Å². The molecule has 0 atom stereocenters. The molecule has 30 heavy (non-hydrogen) atoms. The highest BCUT2D eigenvalue weighted by atomic mass is 16.5. The Bertz CT molecular complexity index is 1180. The van der Waals surface area contributed by atoms with Crippen LogP contribution in [0.2, 0.25) is 0 Å². The number of carbonyl (C=O) groups excluding carboxylic acids is 1. The summed E-state index contributed by atoms with van der Waals surface area (Å²) in [6, 6.07) is 19.0. The largest absolute Gasteiger partial charge is 0.493 e. The lowest BCUT2D eigenvalue weighted by Crippen LogP contribution is -2.12. The molecule has 0 spiro atoms. The van der Waals surface area contributed by atoms with Crippen LogP contribution in [0.3, 0.4) is 0 Å². The minimum Gasteiger partial charge on any atom is -0.493 e. The van der Waals surface area contributed by atoms with Crippen LogP contribution in [-0.2, 0) is 0 Å². The van der Waals surface area contributed by atoms with Gasteiger partial charge in [-0.2, -0.15) is 5.10 Å². The van der Waals surface area contributed by atoms with Crippen LogP contribution in [0.25, 0.3) is 16.7 Å². The second kappa shape index (κ2) is 8.37. The van der Waals surface area contributed by atoms with Gasteiger partial charge in [-0.3, -0.25) is 4.79 Å². The van der Waals surface area contributed by atoms with Crippen molar-refractivity contribution in [1.82, 2.24) is 14.8 Å². The van der Waals surface area contributed by atoms with E-state index in [4.69, 9.17) is 4.74 Å². The number of ether oxygens (including phenoxy) is 1. The third-order valence-corrected chi connectivity index (χ3v) is 4.65. The first kappa shape index (κ1) is 19.6. The Morgan fingerprint density at radius 2 is 1.90 bits per heavy atom. The molecular weight excluding hydrogens is 376 g/mol. The van der Waals surface area contributed by atoms with E-state index < -0.39 is 0 Å². The van der Waals surface area contributed by atoms with Gasteiger partial charge in [-0.25, -0.2) is 9.67 Å². The Labute approximate surface area is 175 Å². The summed E-state index contributed by atoms with van der Waals surface area (Å²) in [7, 11) is 0. The molecule has 0 aliphatic heterocycles. The number of aromatic nitrogens is 3. The maximum atomic E-state index is 12.7. The Hall–Kier alpha value is -3.67. The Morgan fingerprint density at radius 3 is 2.67 bits per heavy atom. The summed E-state index contributed by atoms with van der Waals surface area (Å²) in [6.45, 7) is 6.71. The monoisotopic (exact) mass is 400 g/mol. The summed E-state index contributed by atoms with van der Waals surface area (Å²) in [5.41, 5.74) is 3.70. The van der Waals surface area contributed by atoms with Crippen LogP contribution in [0.15, 0.2) is 66.9 Å². The van der Waals surface area contributed by atoms with Crippen molar-refractivity contribution in [2.45, 2.75) is 20.8 Å². The van der Waals surface area contributed by atoms with Crippen molar-refractivity contribution < 1.29 is 9.53 Å². The van der Waals surface area contributed by atoms with Crippen molar-refractivity contribution in [2.75, 3.05) is 11.9 Å². The fourth-order valence-electron chi connectivity index (χ4n) is 3.15. The molecule has 1 amide bonds. The van der Waals surface area contributed by atoms with E-state index in [1.54, 1.807) is 18.3 Å². The number of benzene rings is 2.